The highest BCUT2D eigenvalue weighted by atomic mass is 35.5. The van der Waals surface area contributed by atoms with E-state index >= 15 is 0 Å². The quantitative estimate of drug-likeness (QED) is 0.725. The lowest BCUT2D eigenvalue weighted by atomic mass is 10.1. The fourth-order valence-electron chi connectivity index (χ4n) is 2.25. The summed E-state index contributed by atoms with van der Waals surface area (Å²) >= 11 is 7.12. The van der Waals surface area contributed by atoms with Crippen LogP contribution in [0, 0.1) is 17.1 Å². The highest BCUT2D eigenvalue weighted by Gasteiger charge is 2.15. The summed E-state index contributed by atoms with van der Waals surface area (Å²) in [5.41, 5.74) is 1.46. The first-order valence-corrected chi connectivity index (χ1v) is 8.44. The van der Waals surface area contributed by atoms with Crippen molar-refractivity contribution in [2.24, 2.45) is 0 Å². The minimum absolute atomic E-state index is 0.167. The van der Waals surface area contributed by atoms with Gasteiger partial charge in [0.1, 0.15) is 16.9 Å². The van der Waals surface area contributed by atoms with Gasteiger partial charge in [0.2, 0.25) is 5.91 Å². The number of anilines is 1. The third-order valence-corrected chi connectivity index (χ3v) is 4.76. The summed E-state index contributed by atoms with van der Waals surface area (Å²) in [5.74, 6) is -0.912. The number of pyridine rings is 1. The molecule has 0 atom stereocenters. The smallest absolute Gasteiger partial charge is 0.229 e. The first-order chi connectivity index (χ1) is 12.1. The second-order valence-electron chi connectivity index (χ2n) is 5.16. The van der Waals surface area contributed by atoms with Crippen LogP contribution >= 0.6 is 22.9 Å². The number of carbonyl (C=O) groups excluding carboxylic acids is 1. The van der Waals surface area contributed by atoms with Crippen LogP contribution < -0.4 is 5.32 Å². The number of nitriles is 1. The zero-order chi connectivity index (χ0) is 17.8. The van der Waals surface area contributed by atoms with E-state index in [1.807, 2.05) is 12.1 Å². The third-order valence-electron chi connectivity index (χ3n) is 3.43. The number of thiophene rings is 1. The predicted octanol–water partition coefficient (Wildman–Crippen LogP) is 4.66. The second kappa shape index (κ2) is 7.43. The zero-order valence-electron chi connectivity index (χ0n) is 12.8. The minimum atomic E-state index is -0.497. The lowest BCUT2D eigenvalue weighted by molar-refractivity contribution is -0.115. The van der Waals surface area contributed by atoms with Gasteiger partial charge >= 0.3 is 0 Å². The number of hydrogen-bond donors (Lipinski definition) is 1. The van der Waals surface area contributed by atoms with Crippen LogP contribution in [0.2, 0.25) is 5.02 Å². The molecule has 2 aromatic heterocycles. The zero-order valence-corrected chi connectivity index (χ0v) is 14.4. The third kappa shape index (κ3) is 4.02. The number of hydrogen-bond acceptors (Lipinski definition) is 4. The first-order valence-electron chi connectivity index (χ1n) is 7.25. The van der Waals surface area contributed by atoms with E-state index in [2.05, 4.69) is 16.4 Å². The molecule has 3 rings (SSSR count). The van der Waals surface area contributed by atoms with Crippen LogP contribution in [0.4, 0.5) is 9.39 Å². The van der Waals surface area contributed by atoms with E-state index in [9.17, 15) is 14.4 Å². The van der Waals surface area contributed by atoms with E-state index in [0.717, 1.165) is 10.4 Å². The van der Waals surface area contributed by atoms with Crippen molar-refractivity contribution < 1.29 is 9.18 Å². The van der Waals surface area contributed by atoms with E-state index < -0.39 is 11.7 Å². The minimum Gasteiger partial charge on any atom is -0.316 e. The molecule has 25 heavy (non-hydrogen) atoms. The molecule has 124 valence electrons. The van der Waals surface area contributed by atoms with Crippen molar-refractivity contribution in [1.82, 2.24) is 4.98 Å². The molecule has 0 unspecified atom stereocenters. The Hall–Kier alpha value is -2.75. The number of rotatable bonds is 4. The number of benzene rings is 1. The van der Waals surface area contributed by atoms with E-state index in [0.29, 0.717) is 15.6 Å². The van der Waals surface area contributed by atoms with Crippen molar-refractivity contribution in [3.8, 4) is 16.5 Å². The Morgan fingerprint density at radius 3 is 2.76 bits per heavy atom. The van der Waals surface area contributed by atoms with Crippen LogP contribution in [0.25, 0.3) is 10.4 Å². The van der Waals surface area contributed by atoms with Gasteiger partial charge in [-0.05, 0) is 47.5 Å². The lowest BCUT2D eigenvalue weighted by Crippen LogP contribution is -2.15. The molecule has 1 aromatic carbocycles. The number of nitrogens with zero attached hydrogens (tertiary/aromatic N) is 2. The molecule has 0 radical (unpaired) electrons. The number of carbonyl (C=O) groups is 1. The van der Waals surface area contributed by atoms with Crippen molar-refractivity contribution in [2.75, 3.05) is 5.32 Å². The van der Waals surface area contributed by atoms with Gasteiger partial charge in [0.25, 0.3) is 0 Å². The molecule has 2 heterocycles. The number of aromatic nitrogens is 1. The predicted molar refractivity (Wildman–Crippen MR) is 96.0 cm³/mol. The Kier molecular flexibility index (Phi) is 5.08. The van der Waals surface area contributed by atoms with Crippen LogP contribution in [0.5, 0.6) is 0 Å². The first kappa shape index (κ1) is 17.1. The van der Waals surface area contributed by atoms with Gasteiger partial charge in [-0.1, -0.05) is 11.6 Å². The molecule has 1 N–H and O–H groups in total. The molecule has 3 aromatic rings. The number of halogens is 2. The van der Waals surface area contributed by atoms with Crippen molar-refractivity contribution in [3.05, 3.63) is 70.8 Å². The van der Waals surface area contributed by atoms with Crippen LogP contribution in [0.3, 0.4) is 0 Å². The van der Waals surface area contributed by atoms with Crippen LogP contribution in [-0.4, -0.2) is 10.9 Å². The topological polar surface area (TPSA) is 65.8 Å². The summed E-state index contributed by atoms with van der Waals surface area (Å²) in [5, 5.41) is 12.7. The molecule has 7 heteroatoms. The van der Waals surface area contributed by atoms with Gasteiger partial charge in [-0.2, -0.15) is 5.26 Å². The summed E-state index contributed by atoms with van der Waals surface area (Å²) in [6.45, 7) is 0. The molecule has 0 aliphatic carbocycles. The molecule has 0 aliphatic heterocycles. The summed E-state index contributed by atoms with van der Waals surface area (Å²) in [6.07, 6.45) is 3.14. The van der Waals surface area contributed by atoms with Gasteiger partial charge in [-0.15, -0.1) is 11.3 Å². The molecule has 4 nitrogen and oxygen atoms in total. The average Bonchev–Trinajstić information content (AvgIpc) is 3.01. The summed E-state index contributed by atoms with van der Waals surface area (Å²) in [4.78, 5) is 17.0. The van der Waals surface area contributed by atoms with Gasteiger partial charge in [0.05, 0.1) is 12.0 Å². The van der Waals surface area contributed by atoms with Gasteiger partial charge < -0.3 is 5.32 Å². The van der Waals surface area contributed by atoms with Crippen molar-refractivity contribution in [1.29, 1.82) is 5.26 Å². The molecule has 0 fully saturated rings. The molecular formula is C18H11ClFN3OS. The highest BCUT2D eigenvalue weighted by molar-refractivity contribution is 7.19. The Bertz CT molecular complexity index is 966. The van der Waals surface area contributed by atoms with E-state index in [-0.39, 0.29) is 12.0 Å². The van der Waals surface area contributed by atoms with Gasteiger partial charge in [0, 0.05) is 22.3 Å². The van der Waals surface area contributed by atoms with E-state index in [1.54, 1.807) is 18.5 Å². The van der Waals surface area contributed by atoms with Crippen molar-refractivity contribution in [3.63, 3.8) is 0 Å². The number of amides is 1. The Morgan fingerprint density at radius 2 is 2.04 bits per heavy atom. The molecule has 0 spiro atoms. The van der Waals surface area contributed by atoms with Crippen LogP contribution in [0.15, 0.2) is 48.8 Å². The van der Waals surface area contributed by atoms with E-state index in [1.165, 1.54) is 29.5 Å². The Labute approximate surface area is 152 Å². The molecule has 0 aliphatic rings. The lowest BCUT2D eigenvalue weighted by Gasteiger charge is -2.05. The maximum atomic E-state index is 13.7. The van der Waals surface area contributed by atoms with Crippen molar-refractivity contribution in [2.45, 2.75) is 6.42 Å². The average molecular weight is 372 g/mol. The highest BCUT2D eigenvalue weighted by Crippen LogP contribution is 2.35. The molecule has 0 bridgehead atoms. The molecular weight excluding hydrogens is 361 g/mol. The maximum Gasteiger partial charge on any atom is 0.229 e. The normalized spacial score (nSPS) is 10.3. The molecule has 0 saturated heterocycles. The molecule has 0 saturated carbocycles. The SMILES string of the molecule is N#Cc1cc(-c2ccncc2)sc1NC(=O)Cc1cc(Cl)ccc1F. The van der Waals surface area contributed by atoms with Crippen molar-refractivity contribution >= 4 is 33.8 Å². The number of nitrogens with one attached hydrogen (secondary N) is 1. The Morgan fingerprint density at radius 1 is 1.28 bits per heavy atom. The summed E-state index contributed by atoms with van der Waals surface area (Å²) in [6, 6.07) is 11.5. The van der Waals surface area contributed by atoms with E-state index in [4.69, 9.17) is 11.6 Å². The second-order valence-corrected chi connectivity index (χ2v) is 6.65. The van der Waals surface area contributed by atoms with Crippen LogP contribution in [0.1, 0.15) is 11.1 Å². The fraction of sp³-hybridized carbons (Fsp3) is 0.0556. The fourth-order valence-corrected chi connectivity index (χ4v) is 3.47. The largest absolute Gasteiger partial charge is 0.316 e. The van der Waals surface area contributed by atoms with Gasteiger partial charge in [-0.3, -0.25) is 9.78 Å². The monoisotopic (exact) mass is 371 g/mol. The molecule has 1 amide bonds. The van der Waals surface area contributed by atoms with Gasteiger partial charge in [0.15, 0.2) is 0 Å². The van der Waals surface area contributed by atoms with Crippen LogP contribution in [-0.2, 0) is 11.2 Å². The summed E-state index contributed by atoms with van der Waals surface area (Å²) < 4.78 is 13.7. The maximum absolute atomic E-state index is 13.7. The standard InChI is InChI=1S/C18H11ClFN3OS/c19-14-1-2-15(20)12(7-14)9-17(24)23-18-13(10-21)8-16(25-18)11-3-5-22-6-4-11/h1-8H,9H2,(H,23,24). The Balaban J connectivity index is 1.80. The summed E-state index contributed by atoms with van der Waals surface area (Å²) in [7, 11) is 0. The van der Waals surface area contributed by atoms with Gasteiger partial charge in [-0.25, -0.2) is 4.39 Å².